The van der Waals surface area contributed by atoms with E-state index in [9.17, 15) is 36.3 Å². The molecule has 2 N–H and O–H groups in total. The number of nitrogens with one attached hydrogen (secondary N) is 1. The van der Waals surface area contributed by atoms with Crippen molar-refractivity contribution in [2.75, 3.05) is 57.6 Å². The van der Waals surface area contributed by atoms with Crippen LogP contribution in [0.25, 0.3) is 0 Å². The van der Waals surface area contributed by atoms with Crippen molar-refractivity contribution in [2.45, 2.75) is 25.4 Å². The van der Waals surface area contributed by atoms with Crippen molar-refractivity contribution in [2.24, 2.45) is 0 Å². The van der Waals surface area contributed by atoms with Gasteiger partial charge in [0, 0.05) is 62.8 Å². The van der Waals surface area contributed by atoms with Crippen LogP contribution >= 0.6 is 0 Å². The van der Waals surface area contributed by atoms with Crippen LogP contribution in [0.3, 0.4) is 0 Å². The van der Waals surface area contributed by atoms with Crippen molar-refractivity contribution in [1.82, 2.24) is 10.3 Å². The number of likely N-dealkylation sites (N-methyl/N-ethyl adjacent to an activating group) is 1. The minimum absolute atomic E-state index is 0.0275. The number of pyridine rings is 1. The first-order valence-electron chi connectivity index (χ1n) is 13.8. The zero-order chi connectivity index (χ0) is 34.4. The van der Waals surface area contributed by atoms with Crippen LogP contribution in [0.5, 0.6) is 5.75 Å². The lowest BCUT2D eigenvalue weighted by Gasteiger charge is -2.24. The molecule has 2 aromatic carbocycles. The molecule has 1 saturated heterocycles. The van der Waals surface area contributed by atoms with Crippen LogP contribution in [-0.2, 0) is 14.3 Å². The number of halogens is 5. The number of alkyl halides is 1. The number of aliphatic hydroxyl groups excluding tert-OH is 1. The third-order valence-electron chi connectivity index (χ3n) is 6.59. The van der Waals surface area contributed by atoms with Gasteiger partial charge in [-0.15, -0.1) is 0 Å². The maximum absolute atomic E-state index is 14.6. The highest BCUT2D eigenvalue weighted by molar-refractivity contribution is 5.96. The van der Waals surface area contributed by atoms with Crippen LogP contribution < -0.4 is 19.9 Å². The van der Waals surface area contributed by atoms with Crippen molar-refractivity contribution in [3.05, 3.63) is 82.9 Å². The van der Waals surface area contributed by atoms with Crippen molar-refractivity contribution >= 4 is 29.7 Å². The number of amides is 2. The zero-order valence-electron chi connectivity index (χ0n) is 25.6. The molecule has 10 nitrogen and oxygen atoms in total. The third kappa shape index (κ3) is 10.5. The topological polar surface area (TPSA) is 121 Å². The fraction of sp³-hybridized carbons (Fsp3) is 0.355. The van der Waals surface area contributed by atoms with Crippen molar-refractivity contribution in [3.63, 3.8) is 0 Å². The van der Waals surface area contributed by atoms with Gasteiger partial charge >= 0.3 is 0 Å². The smallest absolute Gasteiger partial charge is 0.251 e. The number of carbonyl (C=O) groups is 3. The molecule has 250 valence electrons. The van der Waals surface area contributed by atoms with Gasteiger partial charge in [0.25, 0.3) is 5.91 Å². The number of anilines is 2. The molecule has 1 aliphatic heterocycles. The van der Waals surface area contributed by atoms with E-state index in [1.807, 2.05) is 0 Å². The van der Waals surface area contributed by atoms with Gasteiger partial charge in [0.15, 0.2) is 18.5 Å². The SMILES string of the molecule is CNC(=O)c1ccc(F)cc1.COc1cc(F)c(C2CC(=O)N(c3nc(N(C)CC(C)OCC=O)ccc3F)C2)c(F)c1.OCF. The third-order valence-corrected chi connectivity index (χ3v) is 6.59. The number of carbonyl (C=O) groups excluding carboxylic acids is 3. The number of aromatic nitrogens is 1. The van der Waals surface area contributed by atoms with E-state index >= 15 is 0 Å². The number of benzene rings is 2. The van der Waals surface area contributed by atoms with Crippen LogP contribution in [0.1, 0.15) is 35.2 Å². The first kappa shape index (κ1) is 37.6. The number of hydrogen-bond acceptors (Lipinski definition) is 8. The Morgan fingerprint density at radius 2 is 1.74 bits per heavy atom. The molecule has 0 bridgehead atoms. The second-order valence-corrected chi connectivity index (χ2v) is 9.78. The lowest BCUT2D eigenvalue weighted by Crippen LogP contribution is -2.31. The van der Waals surface area contributed by atoms with Gasteiger partial charge in [0.05, 0.1) is 13.2 Å². The number of nitrogens with zero attached hydrogens (tertiary/aromatic N) is 3. The summed E-state index contributed by atoms with van der Waals surface area (Å²) >= 11 is 0. The van der Waals surface area contributed by atoms with Gasteiger partial charge < -0.3 is 29.6 Å². The lowest BCUT2D eigenvalue weighted by molar-refractivity contribution is -0.117. The normalized spacial score (nSPS) is 14.3. The lowest BCUT2D eigenvalue weighted by atomic mass is 9.97. The molecule has 3 aromatic rings. The minimum Gasteiger partial charge on any atom is -0.497 e. The molecular weight excluding hydrogens is 619 g/mol. The number of hydrogen-bond donors (Lipinski definition) is 2. The predicted octanol–water partition coefficient (Wildman–Crippen LogP) is 4.16. The number of methoxy groups -OCH3 is 1. The van der Waals surface area contributed by atoms with E-state index in [4.69, 9.17) is 14.6 Å². The number of aliphatic hydroxyl groups is 1. The maximum atomic E-state index is 14.6. The van der Waals surface area contributed by atoms with Crippen LogP contribution in [0.15, 0.2) is 48.5 Å². The molecule has 0 saturated carbocycles. The fourth-order valence-electron chi connectivity index (χ4n) is 4.48. The van der Waals surface area contributed by atoms with Gasteiger partial charge in [-0.25, -0.2) is 26.9 Å². The summed E-state index contributed by atoms with van der Waals surface area (Å²) in [6.07, 6.45) is 0.173. The van der Waals surface area contributed by atoms with Gasteiger partial charge in [-0.3, -0.25) is 14.5 Å². The summed E-state index contributed by atoms with van der Waals surface area (Å²) in [5.74, 6) is -4.01. The largest absolute Gasteiger partial charge is 0.497 e. The zero-order valence-corrected chi connectivity index (χ0v) is 25.6. The van der Waals surface area contributed by atoms with E-state index < -0.39 is 36.1 Å². The van der Waals surface area contributed by atoms with Crippen LogP contribution in [-0.4, -0.2) is 82.1 Å². The Labute approximate surface area is 262 Å². The molecule has 0 aliphatic carbocycles. The van der Waals surface area contributed by atoms with Gasteiger partial charge in [-0.1, -0.05) is 0 Å². The molecule has 4 rings (SSSR count). The molecule has 1 aromatic heterocycles. The molecule has 2 atom stereocenters. The molecule has 2 heterocycles. The van der Waals surface area contributed by atoms with Gasteiger partial charge in [-0.05, 0) is 43.3 Å². The molecule has 0 radical (unpaired) electrons. The second kappa shape index (κ2) is 18.4. The molecule has 1 aliphatic rings. The number of aldehydes is 1. The van der Waals surface area contributed by atoms with Gasteiger partial charge in [0.1, 0.15) is 41.9 Å². The Balaban J connectivity index is 0.000000437. The molecule has 46 heavy (non-hydrogen) atoms. The van der Waals surface area contributed by atoms with E-state index in [0.29, 0.717) is 24.2 Å². The Morgan fingerprint density at radius 1 is 1.13 bits per heavy atom. The van der Waals surface area contributed by atoms with Crippen LogP contribution in [0.2, 0.25) is 0 Å². The van der Waals surface area contributed by atoms with Crippen molar-refractivity contribution < 1.29 is 50.9 Å². The Kier molecular flexibility index (Phi) is 15.0. The summed E-state index contributed by atoms with van der Waals surface area (Å²) in [6, 6.07) is 10.1. The first-order chi connectivity index (χ1) is 21.9. The van der Waals surface area contributed by atoms with Gasteiger partial charge in [0.2, 0.25) is 5.91 Å². The molecule has 15 heteroatoms. The molecule has 2 unspecified atom stereocenters. The van der Waals surface area contributed by atoms with Crippen LogP contribution in [0, 0.1) is 23.3 Å². The van der Waals surface area contributed by atoms with Crippen molar-refractivity contribution in [3.8, 4) is 5.75 Å². The summed E-state index contributed by atoms with van der Waals surface area (Å²) < 4.78 is 75.9. The second-order valence-electron chi connectivity index (χ2n) is 9.78. The Bertz CT molecular complexity index is 1440. The standard InChI is InChI=1S/C22H24F3N3O4.C8H8FNO.CH3FO/c1-13(32-7-6-29)11-27(2)19-5-4-16(23)22(26-19)28-12-14(8-20(28)30)21-17(24)9-15(31-3)10-18(21)25;1-10-8(11)6-2-4-7(9)5-3-6;2-1-3/h4-6,9-10,13-14H,7-8,11-12H2,1-3H3;2-5H,1H3,(H,10,11);3H,1H2. The average Bonchev–Trinajstić information content (AvgIpc) is 3.40. The first-order valence-corrected chi connectivity index (χ1v) is 13.8. The summed E-state index contributed by atoms with van der Waals surface area (Å²) in [5.41, 5.74) is 0.227. The van der Waals surface area contributed by atoms with Crippen LogP contribution in [0.4, 0.5) is 33.6 Å². The predicted molar refractivity (Wildman–Crippen MR) is 160 cm³/mol. The van der Waals surface area contributed by atoms with E-state index in [-0.39, 0.29) is 54.5 Å². The van der Waals surface area contributed by atoms with E-state index in [0.717, 1.165) is 17.0 Å². The summed E-state index contributed by atoms with van der Waals surface area (Å²) in [4.78, 5) is 41.0. The quantitative estimate of drug-likeness (QED) is 0.247. The van der Waals surface area contributed by atoms with Crippen molar-refractivity contribution in [1.29, 1.82) is 0 Å². The highest BCUT2D eigenvalue weighted by Gasteiger charge is 2.37. The van der Waals surface area contributed by atoms with E-state index in [1.165, 1.54) is 50.6 Å². The number of ether oxygens (including phenoxy) is 2. The summed E-state index contributed by atoms with van der Waals surface area (Å²) in [7, 11) is 4.54. The van der Waals surface area contributed by atoms with E-state index in [1.54, 1.807) is 18.9 Å². The molecule has 0 spiro atoms. The summed E-state index contributed by atoms with van der Waals surface area (Å²) in [6.45, 7) is 0.732. The van der Waals surface area contributed by atoms with Gasteiger partial charge in [-0.2, -0.15) is 0 Å². The minimum atomic E-state index is -1.25. The molecular formula is C31H35F5N4O6. The Morgan fingerprint density at radius 3 is 2.28 bits per heavy atom. The Hall–Kier alpha value is -4.63. The maximum Gasteiger partial charge on any atom is 0.251 e. The highest BCUT2D eigenvalue weighted by atomic mass is 19.1. The molecule has 2 amide bonds. The molecule has 1 fully saturated rings. The number of rotatable bonds is 10. The highest BCUT2D eigenvalue weighted by Crippen LogP contribution is 2.36. The van der Waals surface area contributed by atoms with E-state index in [2.05, 4.69) is 10.3 Å². The fourth-order valence-corrected chi connectivity index (χ4v) is 4.48. The monoisotopic (exact) mass is 654 g/mol. The summed E-state index contributed by atoms with van der Waals surface area (Å²) in [5, 5.41) is 9.34. The average molecular weight is 655 g/mol.